The summed E-state index contributed by atoms with van der Waals surface area (Å²) in [7, 11) is 0. The maximum absolute atomic E-state index is 5.84. The summed E-state index contributed by atoms with van der Waals surface area (Å²) in [6.45, 7) is 6.62. The van der Waals surface area contributed by atoms with Gasteiger partial charge in [-0.05, 0) is 28.5 Å². The molecule has 0 saturated heterocycles. The second-order valence-electron chi connectivity index (χ2n) is 4.82. The Morgan fingerprint density at radius 1 is 1.07 bits per heavy atom. The van der Waals surface area contributed by atoms with Crippen LogP contribution in [0.3, 0.4) is 0 Å². The first-order chi connectivity index (χ1) is 6.97. The highest BCUT2D eigenvalue weighted by atomic mass is 35.5. The fraction of sp³-hybridized carbons (Fsp3) is 0.308. The van der Waals surface area contributed by atoms with Crippen LogP contribution in [0.4, 0.5) is 0 Å². The van der Waals surface area contributed by atoms with E-state index in [-0.39, 0.29) is 5.41 Å². The van der Waals surface area contributed by atoms with Gasteiger partial charge in [0.15, 0.2) is 0 Å². The van der Waals surface area contributed by atoms with Crippen molar-refractivity contribution in [3.05, 3.63) is 41.2 Å². The summed E-state index contributed by atoms with van der Waals surface area (Å²) in [5.74, 6) is 0. The SMILES string of the molecule is CC(C)(C)c1ccc2cc(Cl)ncc2c1. The zero-order valence-corrected chi connectivity index (χ0v) is 9.97. The van der Waals surface area contributed by atoms with E-state index in [0.717, 1.165) is 10.8 Å². The van der Waals surface area contributed by atoms with Crippen molar-refractivity contribution in [2.45, 2.75) is 26.2 Å². The highest BCUT2D eigenvalue weighted by Gasteiger charge is 2.13. The molecule has 1 nitrogen and oxygen atoms in total. The average molecular weight is 220 g/mol. The van der Waals surface area contributed by atoms with E-state index >= 15 is 0 Å². The lowest BCUT2D eigenvalue weighted by molar-refractivity contribution is 0.591. The number of halogens is 1. The molecule has 0 atom stereocenters. The smallest absolute Gasteiger partial charge is 0.129 e. The Hall–Kier alpha value is -1.08. The molecule has 0 aliphatic heterocycles. The van der Waals surface area contributed by atoms with Crippen LogP contribution in [-0.2, 0) is 5.41 Å². The van der Waals surface area contributed by atoms with Crippen LogP contribution >= 0.6 is 11.6 Å². The Morgan fingerprint density at radius 2 is 1.80 bits per heavy atom. The van der Waals surface area contributed by atoms with Crippen LogP contribution in [0.5, 0.6) is 0 Å². The molecule has 0 bridgehead atoms. The van der Waals surface area contributed by atoms with Gasteiger partial charge in [-0.3, -0.25) is 0 Å². The van der Waals surface area contributed by atoms with Gasteiger partial charge in [0.25, 0.3) is 0 Å². The summed E-state index contributed by atoms with van der Waals surface area (Å²) < 4.78 is 0. The van der Waals surface area contributed by atoms with Gasteiger partial charge in [-0.1, -0.05) is 44.5 Å². The molecule has 0 aliphatic rings. The van der Waals surface area contributed by atoms with Gasteiger partial charge in [0.05, 0.1) is 0 Å². The van der Waals surface area contributed by atoms with E-state index < -0.39 is 0 Å². The van der Waals surface area contributed by atoms with Crippen molar-refractivity contribution in [2.24, 2.45) is 0 Å². The molecule has 2 rings (SSSR count). The first kappa shape index (κ1) is 10.4. The second-order valence-corrected chi connectivity index (χ2v) is 5.21. The van der Waals surface area contributed by atoms with E-state index in [9.17, 15) is 0 Å². The van der Waals surface area contributed by atoms with Crippen molar-refractivity contribution in [3.8, 4) is 0 Å². The number of fused-ring (bicyclic) bond motifs is 1. The molecule has 0 saturated carbocycles. The Morgan fingerprint density at radius 3 is 2.47 bits per heavy atom. The third-order valence-corrected chi connectivity index (χ3v) is 2.76. The fourth-order valence-corrected chi connectivity index (χ4v) is 1.75. The third kappa shape index (κ3) is 2.13. The van der Waals surface area contributed by atoms with Crippen molar-refractivity contribution < 1.29 is 0 Å². The molecule has 0 fully saturated rings. The normalized spacial score (nSPS) is 12.0. The van der Waals surface area contributed by atoms with Gasteiger partial charge in [0, 0.05) is 11.6 Å². The quantitative estimate of drug-likeness (QED) is 0.606. The van der Waals surface area contributed by atoms with Gasteiger partial charge in [0.2, 0.25) is 0 Å². The zero-order chi connectivity index (χ0) is 11.1. The molecular weight excluding hydrogens is 206 g/mol. The minimum atomic E-state index is 0.174. The first-order valence-corrected chi connectivity index (χ1v) is 5.40. The molecule has 2 aromatic rings. The Kier molecular flexibility index (Phi) is 2.43. The number of pyridine rings is 1. The molecular formula is C13H14ClN. The molecule has 0 amide bonds. The van der Waals surface area contributed by atoms with Crippen LogP contribution in [0.2, 0.25) is 5.15 Å². The lowest BCUT2D eigenvalue weighted by atomic mass is 9.86. The van der Waals surface area contributed by atoms with Crippen LogP contribution in [0.15, 0.2) is 30.5 Å². The first-order valence-electron chi connectivity index (χ1n) is 5.02. The van der Waals surface area contributed by atoms with Gasteiger partial charge in [-0.25, -0.2) is 4.98 Å². The van der Waals surface area contributed by atoms with Gasteiger partial charge < -0.3 is 0 Å². The molecule has 0 N–H and O–H groups in total. The minimum absolute atomic E-state index is 0.174. The van der Waals surface area contributed by atoms with Gasteiger partial charge in [0.1, 0.15) is 5.15 Å². The summed E-state index contributed by atoms with van der Waals surface area (Å²) >= 11 is 5.84. The van der Waals surface area contributed by atoms with E-state index in [0.29, 0.717) is 5.15 Å². The molecule has 15 heavy (non-hydrogen) atoms. The number of hydrogen-bond donors (Lipinski definition) is 0. The molecule has 0 aliphatic carbocycles. The third-order valence-electron chi connectivity index (χ3n) is 2.55. The predicted octanol–water partition coefficient (Wildman–Crippen LogP) is 4.19. The van der Waals surface area contributed by atoms with Crippen LogP contribution in [0.1, 0.15) is 26.3 Å². The van der Waals surface area contributed by atoms with Crippen LogP contribution < -0.4 is 0 Å². The number of rotatable bonds is 0. The number of nitrogens with zero attached hydrogens (tertiary/aromatic N) is 1. The summed E-state index contributed by atoms with van der Waals surface area (Å²) in [5, 5.41) is 2.83. The van der Waals surface area contributed by atoms with E-state index in [1.807, 2.05) is 12.3 Å². The van der Waals surface area contributed by atoms with Crippen molar-refractivity contribution in [1.29, 1.82) is 0 Å². The molecule has 0 radical (unpaired) electrons. The largest absolute Gasteiger partial charge is 0.244 e. The summed E-state index contributed by atoms with van der Waals surface area (Å²) in [6.07, 6.45) is 1.83. The summed E-state index contributed by atoms with van der Waals surface area (Å²) in [5.41, 5.74) is 1.49. The van der Waals surface area contributed by atoms with Crippen LogP contribution in [0, 0.1) is 0 Å². The van der Waals surface area contributed by atoms with E-state index in [1.54, 1.807) is 0 Å². The molecule has 2 heteroatoms. The maximum Gasteiger partial charge on any atom is 0.129 e. The number of aromatic nitrogens is 1. The number of hydrogen-bond acceptors (Lipinski definition) is 1. The Balaban J connectivity index is 2.62. The topological polar surface area (TPSA) is 12.9 Å². The lowest BCUT2D eigenvalue weighted by Crippen LogP contribution is -2.10. The fourth-order valence-electron chi connectivity index (χ4n) is 1.58. The molecule has 78 valence electrons. The predicted molar refractivity (Wildman–Crippen MR) is 65.5 cm³/mol. The molecule has 0 spiro atoms. The highest BCUT2D eigenvalue weighted by Crippen LogP contribution is 2.26. The second kappa shape index (κ2) is 3.49. The van der Waals surface area contributed by atoms with Gasteiger partial charge in [-0.15, -0.1) is 0 Å². The van der Waals surface area contributed by atoms with E-state index in [4.69, 9.17) is 11.6 Å². The van der Waals surface area contributed by atoms with Crippen molar-refractivity contribution >= 4 is 22.4 Å². The summed E-state index contributed by atoms with van der Waals surface area (Å²) in [6, 6.07) is 8.32. The lowest BCUT2D eigenvalue weighted by Gasteiger charge is -2.19. The summed E-state index contributed by atoms with van der Waals surface area (Å²) in [4.78, 5) is 4.10. The minimum Gasteiger partial charge on any atom is -0.244 e. The highest BCUT2D eigenvalue weighted by molar-refractivity contribution is 6.30. The molecule has 1 aromatic carbocycles. The Bertz CT molecular complexity index is 497. The van der Waals surface area contributed by atoms with Crippen molar-refractivity contribution in [1.82, 2.24) is 4.98 Å². The Labute approximate surface area is 95.1 Å². The molecule has 1 heterocycles. The van der Waals surface area contributed by atoms with E-state index in [2.05, 4.69) is 44.0 Å². The zero-order valence-electron chi connectivity index (χ0n) is 9.21. The number of benzene rings is 1. The van der Waals surface area contributed by atoms with Gasteiger partial charge in [-0.2, -0.15) is 0 Å². The average Bonchev–Trinajstić information content (AvgIpc) is 2.15. The van der Waals surface area contributed by atoms with Gasteiger partial charge >= 0.3 is 0 Å². The van der Waals surface area contributed by atoms with Crippen LogP contribution in [-0.4, -0.2) is 4.98 Å². The maximum atomic E-state index is 5.84. The van der Waals surface area contributed by atoms with Crippen molar-refractivity contribution in [2.75, 3.05) is 0 Å². The molecule has 1 aromatic heterocycles. The van der Waals surface area contributed by atoms with E-state index in [1.165, 1.54) is 5.56 Å². The monoisotopic (exact) mass is 219 g/mol. The van der Waals surface area contributed by atoms with Crippen molar-refractivity contribution in [3.63, 3.8) is 0 Å². The van der Waals surface area contributed by atoms with Crippen LogP contribution in [0.25, 0.3) is 10.8 Å². The molecule has 0 unspecified atom stereocenters. The standard InChI is InChI=1S/C13H14ClN/c1-13(2,3)11-5-4-9-7-12(14)15-8-10(9)6-11/h4-8H,1-3H3.